The van der Waals surface area contributed by atoms with Gasteiger partial charge in [-0.05, 0) is 25.0 Å². The molecule has 3 heteroatoms. The zero-order valence-corrected chi connectivity index (χ0v) is 7.44. The Bertz CT molecular complexity index is 310. The first kappa shape index (κ1) is 8.35. The Kier molecular flexibility index (Phi) is 2.08. The maximum absolute atomic E-state index is 10.8. The molecule has 2 rings (SSSR count). The Hall–Kier alpha value is -1.25. The van der Waals surface area contributed by atoms with Crippen molar-refractivity contribution in [3.8, 4) is 0 Å². The molecule has 1 aliphatic carbocycles. The summed E-state index contributed by atoms with van der Waals surface area (Å²) in [5.74, 6) is -0.822. The molecule has 0 unspecified atom stereocenters. The summed E-state index contributed by atoms with van der Waals surface area (Å²) < 4.78 is 1.90. The molecule has 70 valence electrons. The SMILES string of the molecule is O=C(O)c1cccn1C1CCCC1. The maximum Gasteiger partial charge on any atom is 0.352 e. The van der Waals surface area contributed by atoms with Crippen molar-refractivity contribution in [3.05, 3.63) is 24.0 Å². The van der Waals surface area contributed by atoms with Crippen molar-refractivity contribution < 1.29 is 9.90 Å². The van der Waals surface area contributed by atoms with Crippen LogP contribution in [0.3, 0.4) is 0 Å². The van der Waals surface area contributed by atoms with Crippen LogP contribution in [0.1, 0.15) is 42.2 Å². The number of aromatic nitrogens is 1. The molecular formula is C10H13NO2. The highest BCUT2D eigenvalue weighted by Crippen LogP contribution is 2.30. The van der Waals surface area contributed by atoms with Crippen molar-refractivity contribution in [1.82, 2.24) is 4.57 Å². The lowest BCUT2D eigenvalue weighted by molar-refractivity contribution is 0.0682. The van der Waals surface area contributed by atoms with Crippen LogP contribution >= 0.6 is 0 Å². The lowest BCUT2D eigenvalue weighted by Gasteiger charge is -2.13. The maximum atomic E-state index is 10.8. The second kappa shape index (κ2) is 3.24. The smallest absolute Gasteiger partial charge is 0.352 e. The van der Waals surface area contributed by atoms with Crippen LogP contribution in [0.2, 0.25) is 0 Å². The third-order valence-electron chi connectivity index (χ3n) is 2.72. The fourth-order valence-corrected chi connectivity index (χ4v) is 2.08. The van der Waals surface area contributed by atoms with Gasteiger partial charge in [-0.2, -0.15) is 0 Å². The predicted molar refractivity (Wildman–Crippen MR) is 48.9 cm³/mol. The van der Waals surface area contributed by atoms with Crippen molar-refractivity contribution in [2.45, 2.75) is 31.7 Å². The molecule has 1 saturated carbocycles. The van der Waals surface area contributed by atoms with Gasteiger partial charge >= 0.3 is 5.97 Å². The van der Waals surface area contributed by atoms with Gasteiger partial charge in [-0.15, -0.1) is 0 Å². The molecule has 0 radical (unpaired) electrons. The van der Waals surface area contributed by atoms with E-state index in [1.165, 1.54) is 12.8 Å². The molecule has 0 amide bonds. The molecule has 0 aliphatic heterocycles. The first-order chi connectivity index (χ1) is 6.29. The summed E-state index contributed by atoms with van der Waals surface area (Å²) in [6, 6.07) is 3.89. The van der Waals surface area contributed by atoms with Gasteiger partial charge in [-0.25, -0.2) is 4.79 Å². The van der Waals surface area contributed by atoms with E-state index in [2.05, 4.69) is 0 Å². The monoisotopic (exact) mass is 179 g/mol. The average Bonchev–Trinajstić information content (AvgIpc) is 2.74. The Labute approximate surface area is 77.0 Å². The van der Waals surface area contributed by atoms with E-state index in [0.29, 0.717) is 11.7 Å². The molecule has 1 aromatic rings. The molecule has 0 bridgehead atoms. The molecule has 0 atom stereocenters. The van der Waals surface area contributed by atoms with Crippen LogP contribution < -0.4 is 0 Å². The van der Waals surface area contributed by atoms with E-state index < -0.39 is 5.97 Å². The minimum atomic E-state index is -0.822. The van der Waals surface area contributed by atoms with E-state index in [1.54, 1.807) is 6.07 Å². The van der Waals surface area contributed by atoms with Gasteiger partial charge in [-0.3, -0.25) is 0 Å². The quantitative estimate of drug-likeness (QED) is 0.756. The van der Waals surface area contributed by atoms with Crippen molar-refractivity contribution in [2.75, 3.05) is 0 Å². The second-order valence-electron chi connectivity index (χ2n) is 3.54. The lowest BCUT2D eigenvalue weighted by atomic mass is 10.2. The van der Waals surface area contributed by atoms with E-state index in [4.69, 9.17) is 5.11 Å². The van der Waals surface area contributed by atoms with Gasteiger partial charge in [0.15, 0.2) is 0 Å². The normalized spacial score (nSPS) is 17.8. The van der Waals surface area contributed by atoms with Crippen LogP contribution in [0, 0.1) is 0 Å². The van der Waals surface area contributed by atoms with Crippen LogP contribution in [0.4, 0.5) is 0 Å². The first-order valence-electron chi connectivity index (χ1n) is 4.69. The number of carboxylic acids is 1. The summed E-state index contributed by atoms with van der Waals surface area (Å²) in [5.41, 5.74) is 0.423. The van der Waals surface area contributed by atoms with Crippen LogP contribution in [0.15, 0.2) is 18.3 Å². The molecule has 1 heterocycles. The summed E-state index contributed by atoms with van der Waals surface area (Å²) >= 11 is 0. The van der Waals surface area contributed by atoms with Gasteiger partial charge in [0.2, 0.25) is 0 Å². The summed E-state index contributed by atoms with van der Waals surface area (Å²) in [7, 11) is 0. The van der Waals surface area contributed by atoms with Gasteiger partial charge in [0.05, 0.1) is 0 Å². The Morgan fingerprint density at radius 3 is 2.77 bits per heavy atom. The molecule has 1 N–H and O–H groups in total. The minimum Gasteiger partial charge on any atom is -0.477 e. The molecule has 0 saturated heterocycles. The molecular weight excluding hydrogens is 166 g/mol. The third-order valence-corrected chi connectivity index (χ3v) is 2.72. The molecule has 13 heavy (non-hydrogen) atoms. The van der Waals surface area contributed by atoms with Crippen molar-refractivity contribution >= 4 is 5.97 Å². The number of hydrogen-bond donors (Lipinski definition) is 1. The first-order valence-corrected chi connectivity index (χ1v) is 4.69. The molecule has 1 aromatic heterocycles. The standard InChI is InChI=1S/C10H13NO2/c12-10(13)9-6-3-7-11(9)8-4-1-2-5-8/h3,6-8H,1-2,4-5H2,(H,12,13). The van der Waals surface area contributed by atoms with Crippen LogP contribution in [0.25, 0.3) is 0 Å². The summed E-state index contributed by atoms with van der Waals surface area (Å²) in [5, 5.41) is 8.89. The van der Waals surface area contributed by atoms with Gasteiger partial charge in [0, 0.05) is 12.2 Å². The number of carboxylic acid groups (broad SMARTS) is 1. The molecule has 1 aliphatic rings. The highest BCUT2D eigenvalue weighted by Gasteiger charge is 2.20. The molecule has 0 spiro atoms. The predicted octanol–water partition coefficient (Wildman–Crippen LogP) is 2.30. The van der Waals surface area contributed by atoms with Gasteiger partial charge in [-0.1, -0.05) is 12.8 Å². The highest BCUT2D eigenvalue weighted by molar-refractivity contribution is 5.85. The molecule has 0 aromatic carbocycles. The van der Waals surface area contributed by atoms with Gasteiger partial charge in [0.1, 0.15) is 5.69 Å². The summed E-state index contributed by atoms with van der Waals surface area (Å²) in [6.07, 6.45) is 6.56. The third kappa shape index (κ3) is 1.46. The Morgan fingerprint density at radius 2 is 2.15 bits per heavy atom. The number of nitrogens with zero attached hydrogens (tertiary/aromatic N) is 1. The van der Waals surface area contributed by atoms with E-state index >= 15 is 0 Å². The molecule has 1 fully saturated rings. The molecule has 3 nitrogen and oxygen atoms in total. The Morgan fingerprint density at radius 1 is 1.46 bits per heavy atom. The van der Waals surface area contributed by atoms with E-state index in [9.17, 15) is 4.79 Å². The fourth-order valence-electron chi connectivity index (χ4n) is 2.08. The number of carbonyl (C=O) groups is 1. The summed E-state index contributed by atoms with van der Waals surface area (Å²) in [4.78, 5) is 10.8. The van der Waals surface area contributed by atoms with E-state index in [1.807, 2.05) is 16.8 Å². The fraction of sp³-hybridized carbons (Fsp3) is 0.500. The van der Waals surface area contributed by atoms with Gasteiger partial charge < -0.3 is 9.67 Å². The Balaban J connectivity index is 2.28. The average molecular weight is 179 g/mol. The number of aromatic carboxylic acids is 1. The van der Waals surface area contributed by atoms with Crippen molar-refractivity contribution in [2.24, 2.45) is 0 Å². The van der Waals surface area contributed by atoms with Gasteiger partial charge in [0.25, 0.3) is 0 Å². The van der Waals surface area contributed by atoms with Crippen molar-refractivity contribution in [3.63, 3.8) is 0 Å². The topological polar surface area (TPSA) is 42.2 Å². The zero-order valence-electron chi connectivity index (χ0n) is 7.44. The highest BCUT2D eigenvalue weighted by atomic mass is 16.4. The summed E-state index contributed by atoms with van der Waals surface area (Å²) in [6.45, 7) is 0. The van der Waals surface area contributed by atoms with E-state index in [0.717, 1.165) is 12.8 Å². The number of hydrogen-bond acceptors (Lipinski definition) is 1. The zero-order chi connectivity index (χ0) is 9.26. The number of rotatable bonds is 2. The largest absolute Gasteiger partial charge is 0.477 e. The van der Waals surface area contributed by atoms with E-state index in [-0.39, 0.29) is 0 Å². The lowest BCUT2D eigenvalue weighted by Crippen LogP contribution is -2.11. The van der Waals surface area contributed by atoms with Crippen molar-refractivity contribution in [1.29, 1.82) is 0 Å². The van der Waals surface area contributed by atoms with Crippen LogP contribution in [-0.4, -0.2) is 15.6 Å². The minimum absolute atomic E-state index is 0.418. The second-order valence-corrected chi connectivity index (χ2v) is 3.54. The van der Waals surface area contributed by atoms with Crippen LogP contribution in [0.5, 0.6) is 0 Å². The van der Waals surface area contributed by atoms with Crippen LogP contribution in [-0.2, 0) is 0 Å².